The van der Waals surface area contributed by atoms with Crippen molar-refractivity contribution >= 4 is 23.3 Å². The van der Waals surface area contributed by atoms with Crippen LogP contribution in [0, 0.1) is 13.8 Å². The first-order chi connectivity index (χ1) is 14.0. The highest BCUT2D eigenvalue weighted by Gasteiger charge is 2.19. The molecule has 1 N–H and O–H groups in total. The van der Waals surface area contributed by atoms with Gasteiger partial charge in [0, 0.05) is 13.1 Å². The number of nitrogens with one attached hydrogen (secondary N) is 1. The highest BCUT2D eigenvalue weighted by Crippen LogP contribution is 2.28. The van der Waals surface area contributed by atoms with Crippen LogP contribution in [0.2, 0.25) is 0 Å². The molecule has 1 amide bonds. The van der Waals surface area contributed by atoms with Gasteiger partial charge in [0.1, 0.15) is 5.75 Å². The van der Waals surface area contributed by atoms with Crippen molar-refractivity contribution in [3.63, 3.8) is 0 Å². The van der Waals surface area contributed by atoms with Crippen LogP contribution in [-0.4, -0.2) is 51.9 Å². The number of benzene rings is 2. The molecule has 0 aromatic heterocycles. The number of rotatable bonds is 6. The standard InChI is InChI=1S/C22H26N2O5/c1-15-4-7-20(16(2)12-15)29-14-21(25)23-18-13-17(22(26)27-3)5-6-19(18)24-8-10-28-11-9-24/h4-7,12-13H,8-11,14H2,1-3H3,(H,23,25). The molecule has 0 radical (unpaired) electrons. The molecular weight excluding hydrogens is 372 g/mol. The van der Waals surface area contributed by atoms with E-state index in [1.807, 2.05) is 38.1 Å². The lowest BCUT2D eigenvalue weighted by molar-refractivity contribution is -0.118. The maximum atomic E-state index is 12.6. The third-order valence-electron chi connectivity index (χ3n) is 4.73. The summed E-state index contributed by atoms with van der Waals surface area (Å²) >= 11 is 0. The minimum absolute atomic E-state index is 0.130. The number of esters is 1. The summed E-state index contributed by atoms with van der Waals surface area (Å²) in [6, 6.07) is 10.9. The van der Waals surface area contributed by atoms with Gasteiger partial charge in [-0.15, -0.1) is 0 Å². The van der Waals surface area contributed by atoms with Crippen molar-refractivity contribution in [1.82, 2.24) is 0 Å². The Morgan fingerprint density at radius 2 is 1.86 bits per heavy atom. The van der Waals surface area contributed by atoms with Gasteiger partial charge in [-0.3, -0.25) is 4.79 Å². The molecule has 3 rings (SSSR count). The number of amides is 1. The van der Waals surface area contributed by atoms with E-state index in [4.69, 9.17) is 14.2 Å². The van der Waals surface area contributed by atoms with Crippen LogP contribution in [0.4, 0.5) is 11.4 Å². The van der Waals surface area contributed by atoms with Crippen LogP contribution in [0.1, 0.15) is 21.5 Å². The highest BCUT2D eigenvalue weighted by atomic mass is 16.5. The van der Waals surface area contributed by atoms with Crippen LogP contribution in [0.3, 0.4) is 0 Å². The average Bonchev–Trinajstić information content (AvgIpc) is 2.73. The third-order valence-corrected chi connectivity index (χ3v) is 4.73. The first-order valence-corrected chi connectivity index (χ1v) is 9.53. The normalized spacial score (nSPS) is 13.7. The van der Waals surface area contributed by atoms with Gasteiger partial charge in [-0.05, 0) is 43.7 Å². The van der Waals surface area contributed by atoms with E-state index in [1.165, 1.54) is 7.11 Å². The van der Waals surface area contributed by atoms with Gasteiger partial charge in [0.25, 0.3) is 5.91 Å². The van der Waals surface area contributed by atoms with Gasteiger partial charge in [-0.2, -0.15) is 0 Å². The van der Waals surface area contributed by atoms with E-state index in [0.717, 1.165) is 16.8 Å². The van der Waals surface area contributed by atoms with E-state index in [-0.39, 0.29) is 12.5 Å². The van der Waals surface area contributed by atoms with Crippen LogP contribution in [-0.2, 0) is 14.3 Å². The Labute approximate surface area is 170 Å². The third kappa shape index (κ3) is 5.26. The molecule has 1 aliphatic heterocycles. The molecule has 2 aromatic carbocycles. The number of nitrogens with zero attached hydrogens (tertiary/aromatic N) is 1. The van der Waals surface area contributed by atoms with Crippen molar-refractivity contribution < 1.29 is 23.8 Å². The van der Waals surface area contributed by atoms with Gasteiger partial charge in [0.2, 0.25) is 0 Å². The van der Waals surface area contributed by atoms with E-state index in [9.17, 15) is 9.59 Å². The molecule has 0 aliphatic carbocycles. The van der Waals surface area contributed by atoms with Crippen LogP contribution < -0.4 is 15.0 Å². The predicted octanol–water partition coefficient (Wildman–Crippen LogP) is 2.94. The van der Waals surface area contributed by atoms with Gasteiger partial charge < -0.3 is 24.4 Å². The van der Waals surface area contributed by atoms with Gasteiger partial charge >= 0.3 is 5.97 Å². The smallest absolute Gasteiger partial charge is 0.337 e. The molecule has 2 aromatic rings. The number of anilines is 2. The minimum atomic E-state index is -0.458. The van der Waals surface area contributed by atoms with Crippen molar-refractivity contribution in [2.45, 2.75) is 13.8 Å². The Balaban J connectivity index is 1.75. The monoisotopic (exact) mass is 398 g/mol. The van der Waals surface area contributed by atoms with Crippen LogP contribution in [0.15, 0.2) is 36.4 Å². The number of methoxy groups -OCH3 is 1. The van der Waals surface area contributed by atoms with Gasteiger partial charge in [0.05, 0.1) is 37.3 Å². The summed E-state index contributed by atoms with van der Waals surface area (Å²) in [5.41, 5.74) is 3.86. The lowest BCUT2D eigenvalue weighted by Gasteiger charge is -2.30. The fourth-order valence-electron chi connectivity index (χ4n) is 3.25. The quantitative estimate of drug-likeness (QED) is 0.754. The van der Waals surface area contributed by atoms with Crippen molar-refractivity contribution in [3.8, 4) is 5.75 Å². The average molecular weight is 398 g/mol. The molecule has 0 unspecified atom stereocenters. The first-order valence-electron chi connectivity index (χ1n) is 9.53. The maximum Gasteiger partial charge on any atom is 0.337 e. The zero-order valence-corrected chi connectivity index (χ0v) is 17.0. The van der Waals surface area contributed by atoms with Gasteiger partial charge in [-0.1, -0.05) is 17.7 Å². The Hall–Kier alpha value is -3.06. The number of carbonyl (C=O) groups excluding carboxylic acids is 2. The number of hydrogen-bond donors (Lipinski definition) is 1. The van der Waals surface area contributed by atoms with Crippen molar-refractivity contribution in [2.24, 2.45) is 0 Å². The largest absolute Gasteiger partial charge is 0.483 e. The van der Waals surface area contributed by atoms with Gasteiger partial charge in [-0.25, -0.2) is 4.79 Å². The topological polar surface area (TPSA) is 77.1 Å². The van der Waals surface area contributed by atoms with E-state index < -0.39 is 5.97 Å². The summed E-state index contributed by atoms with van der Waals surface area (Å²) in [5.74, 6) is -0.0930. The first kappa shape index (κ1) is 20.7. The second kappa shape index (κ2) is 9.43. The maximum absolute atomic E-state index is 12.6. The lowest BCUT2D eigenvalue weighted by atomic mass is 10.1. The van der Waals surface area contributed by atoms with Crippen molar-refractivity contribution in [1.29, 1.82) is 0 Å². The molecule has 1 fully saturated rings. The van der Waals surface area contributed by atoms with Crippen molar-refractivity contribution in [2.75, 3.05) is 50.2 Å². The number of carbonyl (C=O) groups is 2. The zero-order chi connectivity index (χ0) is 20.8. The second-order valence-electron chi connectivity index (χ2n) is 6.93. The number of aryl methyl sites for hydroxylation is 2. The summed E-state index contributed by atoms with van der Waals surface area (Å²) in [4.78, 5) is 26.6. The number of morpholine rings is 1. The Morgan fingerprint density at radius 1 is 1.10 bits per heavy atom. The lowest BCUT2D eigenvalue weighted by Crippen LogP contribution is -2.37. The molecule has 7 nitrogen and oxygen atoms in total. The van der Waals surface area contributed by atoms with E-state index >= 15 is 0 Å². The van der Waals surface area contributed by atoms with Gasteiger partial charge in [0.15, 0.2) is 6.61 Å². The molecule has 1 saturated heterocycles. The molecule has 0 atom stereocenters. The predicted molar refractivity (Wildman–Crippen MR) is 111 cm³/mol. The number of ether oxygens (including phenoxy) is 3. The van der Waals surface area contributed by atoms with E-state index in [1.54, 1.807) is 12.1 Å². The summed E-state index contributed by atoms with van der Waals surface area (Å²) in [7, 11) is 1.33. The summed E-state index contributed by atoms with van der Waals surface area (Å²) < 4.78 is 15.9. The molecule has 154 valence electrons. The molecule has 1 heterocycles. The van der Waals surface area contributed by atoms with E-state index in [0.29, 0.717) is 43.3 Å². The zero-order valence-electron chi connectivity index (χ0n) is 17.0. The molecule has 0 saturated carbocycles. The fraction of sp³-hybridized carbons (Fsp3) is 0.364. The Morgan fingerprint density at radius 3 is 2.55 bits per heavy atom. The molecule has 1 aliphatic rings. The molecule has 7 heteroatoms. The van der Waals surface area contributed by atoms with Crippen LogP contribution in [0.25, 0.3) is 0 Å². The fourth-order valence-corrected chi connectivity index (χ4v) is 3.25. The van der Waals surface area contributed by atoms with Crippen molar-refractivity contribution in [3.05, 3.63) is 53.1 Å². The summed E-state index contributed by atoms with van der Waals surface area (Å²) in [6.45, 7) is 6.46. The molecule has 0 bridgehead atoms. The highest BCUT2D eigenvalue weighted by molar-refractivity contribution is 5.98. The van der Waals surface area contributed by atoms with Crippen LogP contribution in [0.5, 0.6) is 5.75 Å². The van der Waals surface area contributed by atoms with E-state index in [2.05, 4.69) is 10.2 Å². The number of hydrogen-bond acceptors (Lipinski definition) is 6. The molecule has 29 heavy (non-hydrogen) atoms. The Bertz CT molecular complexity index is 891. The molecule has 0 spiro atoms. The Kier molecular flexibility index (Phi) is 6.72. The second-order valence-corrected chi connectivity index (χ2v) is 6.93. The van der Waals surface area contributed by atoms with Crippen LogP contribution >= 0.6 is 0 Å². The SMILES string of the molecule is COC(=O)c1ccc(N2CCOCC2)c(NC(=O)COc2ccc(C)cc2C)c1. The minimum Gasteiger partial charge on any atom is -0.483 e. The summed E-state index contributed by atoms with van der Waals surface area (Å²) in [6.07, 6.45) is 0. The summed E-state index contributed by atoms with van der Waals surface area (Å²) in [5, 5.41) is 2.87. The molecular formula is C22H26N2O5.